The van der Waals surface area contributed by atoms with Crippen molar-refractivity contribution in [1.82, 2.24) is 4.98 Å². The number of aromatic nitrogens is 1. The number of carbonyl (C=O) groups excluding carboxylic acids is 1. The first-order valence-electron chi connectivity index (χ1n) is 7.95. The largest absolute Gasteiger partial charge is 0.487 e. The van der Waals surface area contributed by atoms with E-state index in [1.165, 1.54) is 11.8 Å². The van der Waals surface area contributed by atoms with Crippen LogP contribution in [0.25, 0.3) is 0 Å². The summed E-state index contributed by atoms with van der Waals surface area (Å²) in [6.07, 6.45) is 2.98. The summed E-state index contributed by atoms with van der Waals surface area (Å²) in [6, 6.07) is 19.8. The number of nitrogens with zero attached hydrogens (tertiary/aromatic N) is 1. The highest BCUT2D eigenvalue weighted by molar-refractivity contribution is 5.92. The van der Waals surface area contributed by atoms with Crippen LogP contribution in [0, 0.1) is 0 Å². The third-order valence-electron chi connectivity index (χ3n) is 3.67. The van der Waals surface area contributed by atoms with Gasteiger partial charge < -0.3 is 15.8 Å². The first-order chi connectivity index (χ1) is 12.2. The number of benzene rings is 2. The van der Waals surface area contributed by atoms with Gasteiger partial charge in [-0.15, -0.1) is 0 Å². The Hall–Kier alpha value is -3.34. The highest BCUT2D eigenvalue weighted by Crippen LogP contribution is 2.16. The van der Waals surface area contributed by atoms with E-state index in [-0.39, 0.29) is 0 Å². The van der Waals surface area contributed by atoms with Crippen LogP contribution in [-0.4, -0.2) is 10.9 Å². The monoisotopic (exact) mass is 333 g/mol. The van der Waals surface area contributed by atoms with Gasteiger partial charge in [0.2, 0.25) is 5.91 Å². The van der Waals surface area contributed by atoms with Crippen LogP contribution in [0.2, 0.25) is 0 Å². The Bertz CT molecular complexity index is 850. The van der Waals surface area contributed by atoms with Gasteiger partial charge in [-0.05, 0) is 29.3 Å². The second-order valence-electron chi connectivity index (χ2n) is 5.60. The molecule has 0 spiro atoms. The molecular formula is C20H19N3O2. The number of amides is 1. The molecule has 5 nitrogen and oxygen atoms in total. The summed E-state index contributed by atoms with van der Waals surface area (Å²) >= 11 is 0. The zero-order chi connectivity index (χ0) is 17.5. The lowest BCUT2D eigenvalue weighted by Gasteiger charge is -2.10. The van der Waals surface area contributed by atoms with E-state index in [1.54, 1.807) is 12.3 Å². The number of hydrogen-bond acceptors (Lipinski definition) is 4. The first-order valence-corrected chi connectivity index (χ1v) is 7.95. The highest BCUT2D eigenvalue weighted by Gasteiger charge is 2.04. The molecule has 0 fully saturated rings. The third kappa shape index (κ3) is 4.81. The molecule has 3 N–H and O–H groups in total. The van der Waals surface area contributed by atoms with E-state index >= 15 is 0 Å². The number of rotatable bonds is 7. The van der Waals surface area contributed by atoms with E-state index in [9.17, 15) is 4.79 Å². The van der Waals surface area contributed by atoms with Crippen LogP contribution in [-0.2, 0) is 13.2 Å². The average molecular weight is 333 g/mol. The first kappa shape index (κ1) is 16.5. The molecule has 1 amide bonds. The van der Waals surface area contributed by atoms with E-state index in [2.05, 4.69) is 22.4 Å². The fraction of sp³-hybridized carbons (Fsp3) is 0.100. The van der Waals surface area contributed by atoms with Gasteiger partial charge in [0.25, 0.3) is 0 Å². The molecule has 2 aromatic carbocycles. The number of nitrogens with two attached hydrogens (primary N) is 1. The molecule has 0 aliphatic rings. The molecule has 0 atom stereocenters. The molecule has 126 valence electrons. The lowest BCUT2D eigenvalue weighted by molar-refractivity contribution is 0.0999. The molecule has 3 rings (SSSR count). The smallest absolute Gasteiger partial charge is 0.250 e. The van der Waals surface area contributed by atoms with Gasteiger partial charge in [-0.1, -0.05) is 42.5 Å². The quantitative estimate of drug-likeness (QED) is 0.695. The van der Waals surface area contributed by atoms with Crippen LogP contribution >= 0.6 is 0 Å². The third-order valence-corrected chi connectivity index (χ3v) is 3.67. The van der Waals surface area contributed by atoms with E-state index in [0.29, 0.717) is 17.9 Å². The Morgan fingerprint density at radius 3 is 2.60 bits per heavy atom. The predicted molar refractivity (Wildman–Crippen MR) is 97.3 cm³/mol. The minimum absolute atomic E-state index is 0.329. The van der Waals surface area contributed by atoms with Crippen LogP contribution in [0.1, 0.15) is 21.5 Å². The van der Waals surface area contributed by atoms with Crippen molar-refractivity contribution in [3.05, 3.63) is 89.7 Å². The van der Waals surface area contributed by atoms with Gasteiger partial charge in [0, 0.05) is 18.4 Å². The molecule has 0 aliphatic carbocycles. The predicted octanol–water partition coefficient (Wildman–Crippen LogP) is 3.37. The standard InChI is InChI=1S/C20H19N3O2/c21-20(24)17-10-19(13-22-12-17)25-14-16-7-4-8-18(9-16)23-11-15-5-2-1-3-6-15/h1-10,12-13,23H,11,14H2,(H2,21,24). The molecule has 1 heterocycles. The van der Waals surface area contributed by atoms with E-state index in [0.717, 1.165) is 17.8 Å². The van der Waals surface area contributed by atoms with Crippen LogP contribution in [0.3, 0.4) is 0 Å². The fourth-order valence-electron chi connectivity index (χ4n) is 2.37. The molecule has 25 heavy (non-hydrogen) atoms. The number of primary amides is 1. The average Bonchev–Trinajstić information content (AvgIpc) is 2.66. The van der Waals surface area contributed by atoms with Gasteiger partial charge in [0.05, 0.1) is 11.8 Å². The molecule has 3 aromatic rings. The molecule has 0 aliphatic heterocycles. The van der Waals surface area contributed by atoms with Crippen molar-refractivity contribution in [2.75, 3.05) is 5.32 Å². The van der Waals surface area contributed by atoms with E-state index in [1.807, 2.05) is 42.5 Å². The molecule has 0 bridgehead atoms. The summed E-state index contributed by atoms with van der Waals surface area (Å²) in [5, 5.41) is 3.39. The van der Waals surface area contributed by atoms with Crippen molar-refractivity contribution in [3.63, 3.8) is 0 Å². The summed E-state index contributed by atoms with van der Waals surface area (Å²) in [5.41, 5.74) is 8.84. The molecule has 5 heteroatoms. The molecule has 0 saturated heterocycles. The number of pyridine rings is 1. The maximum absolute atomic E-state index is 11.2. The molecule has 0 unspecified atom stereocenters. The number of anilines is 1. The van der Waals surface area contributed by atoms with Crippen molar-refractivity contribution < 1.29 is 9.53 Å². The molecule has 1 aromatic heterocycles. The van der Waals surface area contributed by atoms with Gasteiger partial charge in [0.15, 0.2) is 0 Å². The van der Waals surface area contributed by atoms with Crippen LogP contribution in [0.4, 0.5) is 5.69 Å². The van der Waals surface area contributed by atoms with Gasteiger partial charge >= 0.3 is 0 Å². The number of carbonyl (C=O) groups is 1. The summed E-state index contributed by atoms with van der Waals surface area (Å²) in [4.78, 5) is 15.1. The summed E-state index contributed by atoms with van der Waals surface area (Å²) in [5.74, 6) is -0.0102. The molecular weight excluding hydrogens is 314 g/mol. The Labute approximate surface area is 146 Å². The van der Waals surface area contributed by atoms with Gasteiger partial charge in [-0.2, -0.15) is 0 Å². The highest BCUT2D eigenvalue weighted by atomic mass is 16.5. The Kier molecular flexibility index (Phi) is 5.26. The minimum atomic E-state index is -0.523. The zero-order valence-corrected chi connectivity index (χ0v) is 13.7. The van der Waals surface area contributed by atoms with Crippen molar-refractivity contribution in [2.45, 2.75) is 13.2 Å². The van der Waals surface area contributed by atoms with Crippen molar-refractivity contribution in [3.8, 4) is 5.75 Å². The summed E-state index contributed by atoms with van der Waals surface area (Å²) < 4.78 is 5.70. The maximum atomic E-state index is 11.2. The maximum Gasteiger partial charge on any atom is 0.250 e. The topological polar surface area (TPSA) is 77.2 Å². The number of nitrogens with one attached hydrogen (secondary N) is 1. The van der Waals surface area contributed by atoms with Crippen LogP contribution in [0.5, 0.6) is 5.75 Å². The molecule has 0 radical (unpaired) electrons. The number of ether oxygens (including phenoxy) is 1. The van der Waals surface area contributed by atoms with Gasteiger partial charge in [0.1, 0.15) is 12.4 Å². The van der Waals surface area contributed by atoms with Crippen LogP contribution < -0.4 is 15.8 Å². The molecule has 0 saturated carbocycles. The second kappa shape index (κ2) is 7.97. The van der Waals surface area contributed by atoms with Crippen LogP contribution in [0.15, 0.2) is 73.1 Å². The van der Waals surface area contributed by atoms with Gasteiger partial charge in [-0.25, -0.2) is 0 Å². The summed E-state index contributed by atoms with van der Waals surface area (Å²) in [7, 11) is 0. The Morgan fingerprint density at radius 2 is 1.80 bits per heavy atom. The van der Waals surface area contributed by atoms with Crippen molar-refractivity contribution in [1.29, 1.82) is 0 Å². The van der Waals surface area contributed by atoms with E-state index in [4.69, 9.17) is 10.5 Å². The lowest BCUT2D eigenvalue weighted by Crippen LogP contribution is -2.11. The minimum Gasteiger partial charge on any atom is -0.487 e. The SMILES string of the molecule is NC(=O)c1cncc(OCc2cccc(NCc3ccccc3)c2)c1. The van der Waals surface area contributed by atoms with E-state index < -0.39 is 5.91 Å². The normalized spacial score (nSPS) is 10.2. The van der Waals surface area contributed by atoms with Crippen molar-refractivity contribution in [2.24, 2.45) is 5.73 Å². The number of hydrogen-bond donors (Lipinski definition) is 2. The Morgan fingerprint density at radius 1 is 1.00 bits per heavy atom. The fourth-order valence-corrected chi connectivity index (χ4v) is 2.37. The zero-order valence-electron chi connectivity index (χ0n) is 13.7. The Balaban J connectivity index is 1.60. The van der Waals surface area contributed by atoms with Gasteiger partial charge in [-0.3, -0.25) is 9.78 Å². The van der Waals surface area contributed by atoms with Crippen molar-refractivity contribution >= 4 is 11.6 Å². The lowest BCUT2D eigenvalue weighted by atomic mass is 10.2. The summed E-state index contributed by atoms with van der Waals surface area (Å²) in [6.45, 7) is 1.14. The second-order valence-corrected chi connectivity index (χ2v) is 5.60.